The van der Waals surface area contributed by atoms with Crippen LogP contribution in [0.15, 0.2) is 0 Å². The Morgan fingerprint density at radius 3 is 2.67 bits per heavy atom. The van der Waals surface area contributed by atoms with Crippen LogP contribution in [-0.4, -0.2) is 43.1 Å². The van der Waals surface area contributed by atoms with Crippen molar-refractivity contribution in [2.24, 2.45) is 23.2 Å². The minimum absolute atomic E-state index is 0.107. The molecule has 4 aliphatic rings. The summed E-state index contributed by atoms with van der Waals surface area (Å²) in [6, 6.07) is 0. The van der Waals surface area contributed by atoms with E-state index in [1.54, 1.807) is 0 Å². The summed E-state index contributed by atoms with van der Waals surface area (Å²) in [5, 5.41) is 2.68. The second kappa shape index (κ2) is 6.57. The number of nitrogens with one attached hydrogen (secondary N) is 1. The van der Waals surface area contributed by atoms with Gasteiger partial charge in [0.05, 0.1) is 12.5 Å². The highest BCUT2D eigenvalue weighted by atomic mass is 16.5. The van der Waals surface area contributed by atoms with E-state index in [1.165, 1.54) is 51.4 Å². The quantitative estimate of drug-likeness (QED) is 0.845. The minimum atomic E-state index is -0.392. The standard InChI is InChI=1S/C19H30N2O3/c22-17(16-7-9-24-18(23)20-11-16)21-12-19(13-21)8-6-15(10-19)14-4-2-1-3-5-14/h14-16H,1-13H2,(H,20,23)/t15?,16-/m1/s1. The highest BCUT2D eigenvalue weighted by Gasteiger charge is 2.51. The number of amides is 2. The lowest BCUT2D eigenvalue weighted by Crippen LogP contribution is -2.59. The molecule has 2 amide bonds. The highest BCUT2D eigenvalue weighted by molar-refractivity contribution is 5.81. The van der Waals surface area contributed by atoms with E-state index in [0.717, 1.165) is 24.9 Å². The molecule has 0 aromatic carbocycles. The van der Waals surface area contributed by atoms with E-state index in [2.05, 4.69) is 5.32 Å². The van der Waals surface area contributed by atoms with Crippen molar-refractivity contribution < 1.29 is 14.3 Å². The molecule has 0 bridgehead atoms. The number of carbonyl (C=O) groups excluding carboxylic acids is 2. The molecule has 0 aromatic heterocycles. The summed E-state index contributed by atoms with van der Waals surface area (Å²) < 4.78 is 4.97. The number of ether oxygens (including phenoxy) is 1. The SMILES string of the molecule is O=C1NC[C@H](C(=O)N2CC3(CCC(C4CCCCC4)C3)C2)CCO1. The molecule has 5 heteroatoms. The van der Waals surface area contributed by atoms with Crippen LogP contribution in [0.1, 0.15) is 57.8 Å². The molecule has 2 aliphatic carbocycles. The first-order chi connectivity index (χ1) is 11.7. The van der Waals surface area contributed by atoms with Gasteiger partial charge in [-0.2, -0.15) is 0 Å². The average Bonchev–Trinajstić information content (AvgIpc) is 2.91. The molecule has 5 nitrogen and oxygen atoms in total. The highest BCUT2D eigenvalue weighted by Crippen LogP contribution is 2.52. The number of cyclic esters (lactones) is 1. The number of likely N-dealkylation sites (tertiary alicyclic amines) is 1. The van der Waals surface area contributed by atoms with Gasteiger partial charge in [0.25, 0.3) is 0 Å². The lowest BCUT2D eigenvalue weighted by atomic mass is 9.73. The Balaban J connectivity index is 1.28. The predicted molar refractivity (Wildman–Crippen MR) is 90.4 cm³/mol. The van der Waals surface area contributed by atoms with Crippen molar-refractivity contribution in [3.8, 4) is 0 Å². The summed E-state index contributed by atoms with van der Waals surface area (Å²) in [4.78, 5) is 26.0. The van der Waals surface area contributed by atoms with Gasteiger partial charge < -0.3 is 15.0 Å². The van der Waals surface area contributed by atoms with Crippen molar-refractivity contribution in [1.82, 2.24) is 10.2 Å². The summed E-state index contributed by atoms with van der Waals surface area (Å²) in [7, 11) is 0. The van der Waals surface area contributed by atoms with Crippen molar-refractivity contribution in [1.29, 1.82) is 0 Å². The number of alkyl carbamates (subject to hydrolysis) is 1. The van der Waals surface area contributed by atoms with Crippen LogP contribution in [0.25, 0.3) is 0 Å². The molecule has 2 atom stereocenters. The van der Waals surface area contributed by atoms with Crippen LogP contribution >= 0.6 is 0 Å². The van der Waals surface area contributed by atoms with Crippen molar-refractivity contribution in [2.75, 3.05) is 26.2 Å². The average molecular weight is 334 g/mol. The molecule has 1 unspecified atom stereocenters. The van der Waals surface area contributed by atoms with Gasteiger partial charge in [-0.15, -0.1) is 0 Å². The van der Waals surface area contributed by atoms with E-state index < -0.39 is 6.09 Å². The Hall–Kier alpha value is -1.26. The van der Waals surface area contributed by atoms with Gasteiger partial charge in [0.15, 0.2) is 0 Å². The van der Waals surface area contributed by atoms with E-state index >= 15 is 0 Å². The van der Waals surface area contributed by atoms with Crippen molar-refractivity contribution in [3.05, 3.63) is 0 Å². The molecule has 0 aromatic rings. The molecule has 2 aliphatic heterocycles. The van der Waals surface area contributed by atoms with Crippen molar-refractivity contribution >= 4 is 12.0 Å². The van der Waals surface area contributed by atoms with Gasteiger partial charge >= 0.3 is 6.09 Å². The summed E-state index contributed by atoms with van der Waals surface area (Å²) >= 11 is 0. The van der Waals surface area contributed by atoms with Crippen LogP contribution in [-0.2, 0) is 9.53 Å². The Kier molecular flexibility index (Phi) is 4.44. The third-order valence-corrected chi connectivity index (χ3v) is 6.96. The topological polar surface area (TPSA) is 58.6 Å². The molecular formula is C19H30N2O3. The monoisotopic (exact) mass is 334 g/mol. The van der Waals surface area contributed by atoms with E-state index in [-0.39, 0.29) is 11.8 Å². The van der Waals surface area contributed by atoms with Gasteiger partial charge in [0.1, 0.15) is 0 Å². The maximum atomic E-state index is 12.7. The smallest absolute Gasteiger partial charge is 0.407 e. The maximum Gasteiger partial charge on any atom is 0.407 e. The summed E-state index contributed by atoms with van der Waals surface area (Å²) in [6.45, 7) is 2.66. The zero-order chi connectivity index (χ0) is 16.6. The summed E-state index contributed by atoms with van der Waals surface area (Å²) in [5.74, 6) is 1.97. The molecule has 2 saturated heterocycles. The molecular weight excluding hydrogens is 304 g/mol. The largest absolute Gasteiger partial charge is 0.450 e. The van der Waals surface area contributed by atoms with Crippen molar-refractivity contribution in [3.63, 3.8) is 0 Å². The minimum Gasteiger partial charge on any atom is -0.450 e. The summed E-state index contributed by atoms with van der Waals surface area (Å²) in [6.07, 6.45) is 11.4. The lowest BCUT2D eigenvalue weighted by molar-refractivity contribution is -0.148. The Morgan fingerprint density at radius 1 is 1.08 bits per heavy atom. The van der Waals surface area contributed by atoms with Gasteiger partial charge in [0, 0.05) is 25.0 Å². The molecule has 134 valence electrons. The van der Waals surface area contributed by atoms with Gasteiger partial charge in [-0.1, -0.05) is 32.1 Å². The molecule has 1 spiro atoms. The van der Waals surface area contributed by atoms with E-state index in [1.807, 2.05) is 4.90 Å². The first-order valence-corrected chi connectivity index (χ1v) is 9.85. The second-order valence-corrected chi connectivity index (χ2v) is 8.60. The van der Waals surface area contributed by atoms with Crippen LogP contribution in [0.5, 0.6) is 0 Å². The van der Waals surface area contributed by atoms with E-state index in [9.17, 15) is 9.59 Å². The fourth-order valence-electron chi connectivity index (χ4n) is 5.59. The van der Waals surface area contributed by atoms with Crippen LogP contribution in [0, 0.1) is 23.2 Å². The molecule has 4 fully saturated rings. The van der Waals surface area contributed by atoms with Crippen LogP contribution in [0.2, 0.25) is 0 Å². The molecule has 2 saturated carbocycles. The van der Waals surface area contributed by atoms with Crippen molar-refractivity contribution in [2.45, 2.75) is 57.8 Å². The molecule has 0 radical (unpaired) electrons. The first kappa shape index (κ1) is 16.2. The summed E-state index contributed by atoms with van der Waals surface area (Å²) in [5.41, 5.74) is 0.419. The third kappa shape index (κ3) is 3.14. The number of carbonyl (C=O) groups is 2. The maximum absolute atomic E-state index is 12.7. The van der Waals surface area contributed by atoms with Gasteiger partial charge in [0.2, 0.25) is 5.91 Å². The zero-order valence-electron chi connectivity index (χ0n) is 14.6. The second-order valence-electron chi connectivity index (χ2n) is 8.60. The van der Waals surface area contributed by atoms with Crippen LogP contribution in [0.4, 0.5) is 4.79 Å². The molecule has 2 heterocycles. The Labute approximate surface area is 144 Å². The van der Waals surface area contributed by atoms with E-state index in [4.69, 9.17) is 4.74 Å². The van der Waals surface area contributed by atoms with Crippen LogP contribution < -0.4 is 5.32 Å². The third-order valence-electron chi connectivity index (χ3n) is 6.96. The predicted octanol–water partition coefficient (Wildman–Crippen LogP) is 2.94. The van der Waals surface area contributed by atoms with Gasteiger partial charge in [-0.25, -0.2) is 4.79 Å². The lowest BCUT2D eigenvalue weighted by Gasteiger charge is -2.49. The van der Waals surface area contributed by atoms with E-state index in [0.29, 0.717) is 25.0 Å². The molecule has 24 heavy (non-hydrogen) atoms. The fourth-order valence-corrected chi connectivity index (χ4v) is 5.59. The number of nitrogens with zero attached hydrogens (tertiary/aromatic N) is 1. The number of hydrogen-bond donors (Lipinski definition) is 1. The number of hydrogen-bond acceptors (Lipinski definition) is 3. The first-order valence-electron chi connectivity index (χ1n) is 9.85. The fraction of sp³-hybridized carbons (Fsp3) is 0.895. The Morgan fingerprint density at radius 2 is 1.88 bits per heavy atom. The molecule has 1 N–H and O–H groups in total. The van der Waals surface area contributed by atoms with Gasteiger partial charge in [-0.3, -0.25) is 4.79 Å². The van der Waals surface area contributed by atoms with Crippen LogP contribution in [0.3, 0.4) is 0 Å². The van der Waals surface area contributed by atoms with Gasteiger partial charge in [-0.05, 0) is 37.5 Å². The normalized spacial score (nSPS) is 33.5. The zero-order valence-corrected chi connectivity index (χ0v) is 14.6. The Bertz CT molecular complexity index is 495. The molecule has 4 rings (SSSR count). The number of rotatable bonds is 2.